The van der Waals surface area contributed by atoms with Gasteiger partial charge in [0.05, 0.1) is 23.0 Å². The summed E-state index contributed by atoms with van der Waals surface area (Å²) < 4.78 is 0. The Bertz CT molecular complexity index is 1490. The molecular formula is C23H17N7O. The van der Waals surface area contributed by atoms with Crippen molar-refractivity contribution in [2.24, 2.45) is 0 Å². The summed E-state index contributed by atoms with van der Waals surface area (Å²) in [4.78, 5) is 31.6. The van der Waals surface area contributed by atoms with E-state index in [0.717, 1.165) is 33.2 Å². The predicted octanol–water partition coefficient (Wildman–Crippen LogP) is 4.39. The lowest BCUT2D eigenvalue weighted by molar-refractivity contribution is -0.115. The van der Waals surface area contributed by atoms with Crippen LogP contribution in [0.4, 0.5) is 5.69 Å². The van der Waals surface area contributed by atoms with E-state index in [1.54, 1.807) is 31.6 Å². The summed E-state index contributed by atoms with van der Waals surface area (Å²) in [6.45, 7) is 1.80. The van der Waals surface area contributed by atoms with Crippen molar-refractivity contribution in [1.82, 2.24) is 24.9 Å². The molecule has 8 nitrogen and oxygen atoms in total. The second-order valence-electron chi connectivity index (χ2n) is 7.09. The van der Waals surface area contributed by atoms with Gasteiger partial charge in [-0.1, -0.05) is 13.0 Å². The van der Waals surface area contributed by atoms with Gasteiger partial charge in [0.1, 0.15) is 23.1 Å². The molecule has 0 aliphatic carbocycles. The van der Waals surface area contributed by atoms with E-state index in [1.807, 2.05) is 30.5 Å². The van der Waals surface area contributed by atoms with Gasteiger partial charge in [-0.2, -0.15) is 5.26 Å². The number of hydrogen-bond acceptors (Lipinski definition) is 5. The number of nitrogens with one attached hydrogen (secondary N) is 3. The van der Waals surface area contributed by atoms with Crippen molar-refractivity contribution >= 4 is 33.7 Å². The summed E-state index contributed by atoms with van der Waals surface area (Å²) in [5.41, 5.74) is 5.89. The Morgan fingerprint density at radius 1 is 1.19 bits per heavy atom. The van der Waals surface area contributed by atoms with Crippen molar-refractivity contribution in [3.63, 3.8) is 0 Å². The topological polar surface area (TPSA) is 123 Å². The van der Waals surface area contributed by atoms with Crippen LogP contribution in [0.15, 0.2) is 55.1 Å². The maximum atomic E-state index is 11.7. The molecule has 1 aromatic carbocycles. The van der Waals surface area contributed by atoms with Crippen molar-refractivity contribution < 1.29 is 4.79 Å². The molecule has 1 amide bonds. The monoisotopic (exact) mass is 407 g/mol. The highest BCUT2D eigenvalue weighted by Gasteiger charge is 2.14. The molecule has 150 valence electrons. The molecule has 4 aromatic heterocycles. The molecule has 0 fully saturated rings. The van der Waals surface area contributed by atoms with Crippen LogP contribution in [0.5, 0.6) is 0 Å². The molecule has 0 spiro atoms. The number of aromatic amines is 2. The van der Waals surface area contributed by atoms with Crippen LogP contribution in [-0.4, -0.2) is 30.8 Å². The van der Waals surface area contributed by atoms with E-state index >= 15 is 0 Å². The standard InChI is InChI=1S/C23H17N7O/c1-2-20(31)28-16-6-14(9-25-11-16)15-7-17-18(12-27-22(17)26-10-15)23-29-19-5-3-4-13(8-24)21(19)30-23/h3-7,9-12H,2H2,1H3,(H,26,27)(H,28,31)(H,29,30). The number of nitrogens with zero attached hydrogens (tertiary/aromatic N) is 4. The van der Waals surface area contributed by atoms with Gasteiger partial charge >= 0.3 is 0 Å². The lowest BCUT2D eigenvalue weighted by Gasteiger charge is -2.06. The Labute approximate surface area is 177 Å². The maximum absolute atomic E-state index is 11.7. The quantitative estimate of drug-likeness (QED) is 0.408. The molecule has 4 heterocycles. The van der Waals surface area contributed by atoms with E-state index in [0.29, 0.717) is 29.0 Å². The number of imidazole rings is 1. The first-order valence-electron chi connectivity index (χ1n) is 9.78. The van der Waals surface area contributed by atoms with Crippen LogP contribution in [0.3, 0.4) is 0 Å². The number of benzene rings is 1. The number of anilines is 1. The fourth-order valence-electron chi connectivity index (χ4n) is 3.52. The number of carbonyl (C=O) groups excluding carboxylic acids is 1. The molecule has 0 aliphatic rings. The minimum Gasteiger partial charge on any atom is -0.345 e. The second-order valence-corrected chi connectivity index (χ2v) is 7.09. The number of hydrogen-bond donors (Lipinski definition) is 3. The van der Waals surface area contributed by atoms with Crippen LogP contribution in [-0.2, 0) is 4.79 Å². The predicted molar refractivity (Wildman–Crippen MR) is 118 cm³/mol. The first kappa shape index (κ1) is 18.5. The van der Waals surface area contributed by atoms with E-state index < -0.39 is 0 Å². The van der Waals surface area contributed by atoms with Crippen molar-refractivity contribution in [3.8, 4) is 28.6 Å². The second kappa shape index (κ2) is 7.39. The fourth-order valence-corrected chi connectivity index (χ4v) is 3.52. The highest BCUT2D eigenvalue weighted by molar-refractivity contribution is 5.96. The number of pyridine rings is 2. The lowest BCUT2D eigenvalue weighted by atomic mass is 10.1. The van der Waals surface area contributed by atoms with Crippen LogP contribution >= 0.6 is 0 Å². The van der Waals surface area contributed by atoms with Crippen LogP contribution in [0.25, 0.3) is 44.6 Å². The molecule has 0 saturated heterocycles. The highest BCUT2D eigenvalue weighted by Crippen LogP contribution is 2.31. The van der Waals surface area contributed by atoms with E-state index in [2.05, 4.69) is 36.3 Å². The summed E-state index contributed by atoms with van der Waals surface area (Å²) >= 11 is 0. The molecule has 0 unspecified atom stereocenters. The number of aromatic nitrogens is 5. The molecular weight excluding hydrogens is 390 g/mol. The molecule has 0 radical (unpaired) electrons. The zero-order chi connectivity index (χ0) is 21.4. The molecule has 8 heteroatoms. The largest absolute Gasteiger partial charge is 0.345 e. The van der Waals surface area contributed by atoms with Gasteiger partial charge in [0.2, 0.25) is 5.91 Å². The zero-order valence-corrected chi connectivity index (χ0v) is 16.6. The van der Waals surface area contributed by atoms with Crippen molar-refractivity contribution in [2.45, 2.75) is 13.3 Å². The fraction of sp³-hybridized carbons (Fsp3) is 0.0870. The molecule has 5 rings (SSSR count). The van der Waals surface area contributed by atoms with Crippen LogP contribution in [0.2, 0.25) is 0 Å². The number of para-hydroxylation sites is 1. The molecule has 31 heavy (non-hydrogen) atoms. The SMILES string of the molecule is CCC(=O)Nc1cncc(-c2cnc3[nH]cc(-c4nc5c(C#N)cccc5[nH]4)c3c2)c1. The van der Waals surface area contributed by atoms with Crippen LogP contribution in [0.1, 0.15) is 18.9 Å². The number of nitriles is 1. The Hall–Kier alpha value is -4.51. The molecule has 0 aliphatic heterocycles. The minimum absolute atomic E-state index is 0.0675. The third kappa shape index (κ3) is 3.28. The van der Waals surface area contributed by atoms with E-state index in [1.165, 1.54) is 0 Å². The van der Waals surface area contributed by atoms with Gasteiger partial charge in [-0.25, -0.2) is 9.97 Å². The van der Waals surface area contributed by atoms with Crippen molar-refractivity contribution in [1.29, 1.82) is 5.26 Å². The Morgan fingerprint density at radius 3 is 2.90 bits per heavy atom. The van der Waals surface area contributed by atoms with Crippen molar-refractivity contribution in [3.05, 3.63) is 60.7 Å². The smallest absolute Gasteiger partial charge is 0.224 e. The molecule has 3 N–H and O–H groups in total. The summed E-state index contributed by atoms with van der Waals surface area (Å²) in [5.74, 6) is 0.590. The maximum Gasteiger partial charge on any atom is 0.224 e. The van der Waals surface area contributed by atoms with Gasteiger partial charge < -0.3 is 15.3 Å². The summed E-state index contributed by atoms with van der Waals surface area (Å²) in [5, 5.41) is 13.1. The van der Waals surface area contributed by atoms with Gasteiger partial charge in [0.25, 0.3) is 0 Å². The average molecular weight is 407 g/mol. The molecule has 0 saturated carbocycles. The third-order valence-corrected chi connectivity index (χ3v) is 5.10. The molecule has 0 bridgehead atoms. The number of carbonyl (C=O) groups is 1. The first-order chi connectivity index (χ1) is 15.2. The summed E-state index contributed by atoms with van der Waals surface area (Å²) in [6, 6.07) is 11.5. The minimum atomic E-state index is -0.0675. The van der Waals surface area contributed by atoms with Crippen LogP contribution in [0, 0.1) is 11.3 Å². The highest BCUT2D eigenvalue weighted by atomic mass is 16.1. The van der Waals surface area contributed by atoms with E-state index in [9.17, 15) is 10.1 Å². The third-order valence-electron chi connectivity index (χ3n) is 5.10. The average Bonchev–Trinajstić information content (AvgIpc) is 3.42. The Morgan fingerprint density at radius 2 is 2.06 bits per heavy atom. The van der Waals surface area contributed by atoms with Gasteiger partial charge in [-0.3, -0.25) is 9.78 Å². The van der Waals surface area contributed by atoms with Gasteiger partial charge in [0.15, 0.2) is 0 Å². The van der Waals surface area contributed by atoms with Crippen LogP contribution < -0.4 is 5.32 Å². The summed E-state index contributed by atoms with van der Waals surface area (Å²) in [6.07, 6.45) is 7.36. The zero-order valence-electron chi connectivity index (χ0n) is 16.6. The first-order valence-corrected chi connectivity index (χ1v) is 9.78. The summed E-state index contributed by atoms with van der Waals surface area (Å²) in [7, 11) is 0. The Balaban J connectivity index is 1.59. The molecule has 5 aromatic rings. The number of rotatable bonds is 4. The normalized spacial score (nSPS) is 11.0. The van der Waals surface area contributed by atoms with Gasteiger partial charge in [-0.15, -0.1) is 0 Å². The number of H-pyrrole nitrogens is 2. The van der Waals surface area contributed by atoms with Gasteiger partial charge in [-0.05, 0) is 24.3 Å². The number of amides is 1. The molecule has 0 atom stereocenters. The van der Waals surface area contributed by atoms with E-state index in [-0.39, 0.29) is 5.91 Å². The number of fused-ring (bicyclic) bond motifs is 2. The lowest BCUT2D eigenvalue weighted by Crippen LogP contribution is -2.09. The van der Waals surface area contributed by atoms with E-state index in [4.69, 9.17) is 0 Å². The Kier molecular flexibility index (Phi) is 4.41. The van der Waals surface area contributed by atoms with Gasteiger partial charge in [0, 0.05) is 47.1 Å². The van der Waals surface area contributed by atoms with Crippen molar-refractivity contribution in [2.75, 3.05) is 5.32 Å².